The highest BCUT2D eigenvalue weighted by Gasteiger charge is 2.34. The topological polar surface area (TPSA) is 32.3 Å². The molecule has 0 saturated heterocycles. The van der Waals surface area contributed by atoms with Crippen molar-refractivity contribution in [3.05, 3.63) is 0 Å². The van der Waals surface area contributed by atoms with Crippen LogP contribution in [0.15, 0.2) is 0 Å². The number of nitrogens with one attached hydrogen (secondary N) is 1. The van der Waals surface area contributed by atoms with Crippen LogP contribution in [0.4, 0.5) is 0 Å². The first-order chi connectivity index (χ1) is 17.6. The molecule has 1 N–H and O–H groups in total. The van der Waals surface area contributed by atoms with Crippen LogP contribution in [0.2, 0.25) is 0 Å². The minimum atomic E-state index is 0.247. The van der Waals surface area contributed by atoms with E-state index in [1.54, 1.807) is 0 Å². The van der Waals surface area contributed by atoms with Crippen LogP contribution >= 0.6 is 0 Å². The van der Waals surface area contributed by atoms with Gasteiger partial charge in [-0.25, -0.2) is 0 Å². The van der Waals surface area contributed by atoms with Gasteiger partial charge in [-0.2, -0.15) is 0 Å². The molecule has 0 spiro atoms. The van der Waals surface area contributed by atoms with Crippen molar-refractivity contribution in [1.82, 2.24) is 10.2 Å². The van der Waals surface area contributed by atoms with Crippen LogP contribution < -0.4 is 5.32 Å². The lowest BCUT2D eigenvalue weighted by atomic mass is 9.99. The fourth-order valence-corrected chi connectivity index (χ4v) is 5.79. The standard InChI is InChI=1S/C33H66N2O/c1-5-7-9-11-13-17-21-25-32(34-33(36)27-28-35(3)4)26-22-18-14-16-20-24-31-29-30(31)23-19-15-12-10-8-6-2/h30-32H,5-29H2,1-4H3,(H,34,36). The fraction of sp³-hybridized carbons (Fsp3) is 0.970. The maximum atomic E-state index is 12.4. The van der Waals surface area contributed by atoms with Gasteiger partial charge in [0.1, 0.15) is 0 Å². The molecule has 0 aliphatic heterocycles. The first-order valence-corrected chi connectivity index (χ1v) is 16.5. The third-order valence-corrected chi connectivity index (χ3v) is 8.43. The summed E-state index contributed by atoms with van der Waals surface area (Å²) in [5, 5.41) is 3.38. The number of unbranched alkanes of at least 4 members (excludes halogenated alkanes) is 15. The average molecular weight is 507 g/mol. The van der Waals surface area contributed by atoms with E-state index in [0.29, 0.717) is 12.5 Å². The molecule has 214 valence electrons. The van der Waals surface area contributed by atoms with Gasteiger partial charge in [0.25, 0.3) is 0 Å². The smallest absolute Gasteiger partial charge is 0.221 e. The van der Waals surface area contributed by atoms with E-state index in [1.807, 2.05) is 14.1 Å². The van der Waals surface area contributed by atoms with Gasteiger partial charge in [-0.05, 0) is 45.2 Å². The van der Waals surface area contributed by atoms with Gasteiger partial charge in [-0.3, -0.25) is 4.79 Å². The molecule has 0 aromatic rings. The first kappa shape index (κ1) is 33.5. The minimum Gasteiger partial charge on any atom is -0.353 e. The van der Waals surface area contributed by atoms with Gasteiger partial charge in [0.05, 0.1) is 0 Å². The largest absolute Gasteiger partial charge is 0.353 e. The van der Waals surface area contributed by atoms with Crippen molar-refractivity contribution in [3.8, 4) is 0 Å². The molecule has 3 unspecified atom stereocenters. The zero-order valence-corrected chi connectivity index (χ0v) is 25.3. The van der Waals surface area contributed by atoms with Gasteiger partial charge in [0, 0.05) is 19.0 Å². The van der Waals surface area contributed by atoms with E-state index in [1.165, 1.54) is 148 Å². The van der Waals surface area contributed by atoms with E-state index in [9.17, 15) is 4.79 Å². The second-order valence-corrected chi connectivity index (χ2v) is 12.4. The highest BCUT2D eigenvalue weighted by molar-refractivity contribution is 5.76. The fourth-order valence-electron chi connectivity index (χ4n) is 5.79. The Balaban J connectivity index is 2.07. The third kappa shape index (κ3) is 20.5. The third-order valence-electron chi connectivity index (χ3n) is 8.43. The Kier molecular flexibility index (Phi) is 21.9. The quantitative estimate of drug-likeness (QED) is 0.112. The number of nitrogens with zero attached hydrogens (tertiary/aromatic N) is 1. The van der Waals surface area contributed by atoms with Crippen molar-refractivity contribution < 1.29 is 4.79 Å². The van der Waals surface area contributed by atoms with Crippen molar-refractivity contribution in [2.45, 2.75) is 174 Å². The molecule has 1 rings (SSSR count). The zero-order chi connectivity index (χ0) is 26.3. The Morgan fingerprint density at radius 1 is 0.667 bits per heavy atom. The summed E-state index contributed by atoms with van der Waals surface area (Å²) in [7, 11) is 4.09. The van der Waals surface area contributed by atoms with Gasteiger partial charge in [-0.15, -0.1) is 0 Å². The van der Waals surface area contributed by atoms with Gasteiger partial charge in [0.2, 0.25) is 5.91 Å². The lowest BCUT2D eigenvalue weighted by molar-refractivity contribution is -0.122. The van der Waals surface area contributed by atoms with Crippen molar-refractivity contribution >= 4 is 5.91 Å². The van der Waals surface area contributed by atoms with Crippen molar-refractivity contribution in [2.75, 3.05) is 20.6 Å². The van der Waals surface area contributed by atoms with Crippen LogP contribution in [0.25, 0.3) is 0 Å². The molecule has 1 aliphatic rings. The Hall–Kier alpha value is -0.570. The lowest BCUT2D eigenvalue weighted by Crippen LogP contribution is -2.36. The molecule has 0 bridgehead atoms. The van der Waals surface area contributed by atoms with E-state index in [4.69, 9.17) is 0 Å². The predicted octanol–water partition coefficient (Wildman–Crippen LogP) is 9.68. The number of amides is 1. The molecule has 3 atom stereocenters. The number of rotatable bonds is 27. The molecule has 1 amide bonds. The minimum absolute atomic E-state index is 0.247. The summed E-state index contributed by atoms with van der Waals surface area (Å²) in [5.74, 6) is 2.40. The SMILES string of the molecule is CCCCCCCCCC(CCCCCCCC1CC1CCCCCCCC)NC(=O)CCN(C)C. The normalized spacial score (nSPS) is 18.0. The van der Waals surface area contributed by atoms with Crippen LogP contribution in [0, 0.1) is 11.8 Å². The maximum absolute atomic E-state index is 12.4. The summed E-state index contributed by atoms with van der Waals surface area (Å²) >= 11 is 0. The van der Waals surface area contributed by atoms with Crippen molar-refractivity contribution in [1.29, 1.82) is 0 Å². The van der Waals surface area contributed by atoms with Crippen LogP contribution in [0.3, 0.4) is 0 Å². The molecule has 1 saturated carbocycles. The average Bonchev–Trinajstić information content (AvgIpc) is 3.61. The molecule has 0 aromatic heterocycles. The van der Waals surface area contributed by atoms with E-state index in [-0.39, 0.29) is 5.91 Å². The second-order valence-electron chi connectivity index (χ2n) is 12.4. The Morgan fingerprint density at radius 2 is 1.08 bits per heavy atom. The lowest BCUT2D eigenvalue weighted by Gasteiger charge is -2.20. The van der Waals surface area contributed by atoms with Gasteiger partial charge >= 0.3 is 0 Å². The van der Waals surface area contributed by atoms with Crippen molar-refractivity contribution in [2.24, 2.45) is 11.8 Å². The van der Waals surface area contributed by atoms with E-state index in [0.717, 1.165) is 18.4 Å². The van der Waals surface area contributed by atoms with Gasteiger partial charge in [-0.1, -0.05) is 142 Å². The van der Waals surface area contributed by atoms with Gasteiger partial charge < -0.3 is 10.2 Å². The number of carbonyl (C=O) groups excluding carboxylic acids is 1. The summed E-state index contributed by atoms with van der Waals surface area (Å²) in [6.45, 7) is 5.43. The van der Waals surface area contributed by atoms with Crippen LogP contribution in [-0.4, -0.2) is 37.5 Å². The molecule has 0 radical (unpaired) electrons. The molecular formula is C33H66N2O. The number of carbonyl (C=O) groups is 1. The molecule has 3 nitrogen and oxygen atoms in total. The highest BCUT2D eigenvalue weighted by atomic mass is 16.1. The summed E-state index contributed by atoms with van der Waals surface area (Å²) < 4.78 is 0. The maximum Gasteiger partial charge on any atom is 0.221 e. The summed E-state index contributed by atoms with van der Waals surface area (Å²) in [6.07, 6.45) is 32.5. The molecule has 1 aliphatic carbocycles. The Labute approximate surface area is 227 Å². The van der Waals surface area contributed by atoms with Gasteiger partial charge in [0.15, 0.2) is 0 Å². The first-order valence-electron chi connectivity index (χ1n) is 16.5. The van der Waals surface area contributed by atoms with E-state index in [2.05, 4.69) is 24.1 Å². The van der Waals surface area contributed by atoms with Crippen LogP contribution in [-0.2, 0) is 4.79 Å². The summed E-state index contributed by atoms with van der Waals surface area (Å²) in [4.78, 5) is 14.5. The monoisotopic (exact) mass is 507 g/mol. The summed E-state index contributed by atoms with van der Waals surface area (Å²) in [6, 6.07) is 0.393. The zero-order valence-electron chi connectivity index (χ0n) is 25.3. The molecule has 36 heavy (non-hydrogen) atoms. The Morgan fingerprint density at radius 3 is 1.53 bits per heavy atom. The van der Waals surface area contributed by atoms with Crippen molar-refractivity contribution in [3.63, 3.8) is 0 Å². The van der Waals surface area contributed by atoms with Crippen LogP contribution in [0.5, 0.6) is 0 Å². The molecule has 3 heteroatoms. The Bertz CT molecular complexity index is 492. The second kappa shape index (κ2) is 23.5. The molecule has 0 aromatic carbocycles. The number of hydrogen-bond acceptors (Lipinski definition) is 2. The van der Waals surface area contributed by atoms with Crippen LogP contribution in [0.1, 0.15) is 168 Å². The summed E-state index contributed by atoms with van der Waals surface area (Å²) in [5.41, 5.74) is 0. The van der Waals surface area contributed by atoms with E-state index < -0.39 is 0 Å². The molecule has 1 fully saturated rings. The van der Waals surface area contributed by atoms with E-state index >= 15 is 0 Å². The molecular weight excluding hydrogens is 440 g/mol. The highest BCUT2D eigenvalue weighted by Crippen LogP contribution is 2.45. The predicted molar refractivity (Wildman–Crippen MR) is 160 cm³/mol. The number of hydrogen-bond donors (Lipinski definition) is 1. The molecule has 0 heterocycles.